The van der Waals surface area contributed by atoms with E-state index < -0.39 is 17.8 Å². The molecule has 0 aromatic heterocycles. The topological polar surface area (TPSA) is 66.4 Å². The molecule has 1 aromatic carbocycles. The Balaban J connectivity index is 2.03. The van der Waals surface area contributed by atoms with E-state index in [1.165, 1.54) is 12.1 Å². The van der Waals surface area contributed by atoms with Crippen molar-refractivity contribution < 1.29 is 19.1 Å². The van der Waals surface area contributed by atoms with E-state index >= 15 is 0 Å². The molecule has 1 amide bonds. The molecule has 1 aliphatic rings. The van der Waals surface area contributed by atoms with Gasteiger partial charge >= 0.3 is 5.97 Å². The second-order valence-corrected chi connectivity index (χ2v) is 5.91. The summed E-state index contributed by atoms with van der Waals surface area (Å²) in [6.45, 7) is 3.77. The smallest absolute Gasteiger partial charge is 0.307 e. The van der Waals surface area contributed by atoms with Gasteiger partial charge in [0.05, 0.1) is 17.9 Å². The number of hydrogen-bond acceptors (Lipinski definition) is 2. The van der Waals surface area contributed by atoms with Crippen molar-refractivity contribution in [3.8, 4) is 0 Å². The fourth-order valence-electron chi connectivity index (χ4n) is 3.01. The van der Waals surface area contributed by atoms with Crippen LogP contribution in [0.1, 0.15) is 38.3 Å². The minimum atomic E-state index is -0.908. The molecule has 1 fully saturated rings. The third-order valence-electron chi connectivity index (χ3n) is 4.18. The van der Waals surface area contributed by atoms with Crippen LogP contribution in [0.5, 0.6) is 0 Å². The van der Waals surface area contributed by atoms with Gasteiger partial charge in [0.2, 0.25) is 5.91 Å². The molecule has 0 aliphatic heterocycles. The third kappa shape index (κ3) is 3.60. The molecule has 4 atom stereocenters. The third-order valence-corrected chi connectivity index (χ3v) is 4.18. The molecule has 0 spiro atoms. The second kappa shape index (κ2) is 6.24. The van der Waals surface area contributed by atoms with Crippen molar-refractivity contribution in [1.29, 1.82) is 0 Å². The Kier molecular flexibility index (Phi) is 4.60. The molecule has 0 saturated heterocycles. The normalized spacial score (nSPS) is 26.3. The van der Waals surface area contributed by atoms with Gasteiger partial charge in [-0.1, -0.05) is 19.1 Å². The highest BCUT2D eigenvalue weighted by Gasteiger charge is 2.41. The van der Waals surface area contributed by atoms with E-state index in [1.54, 1.807) is 19.1 Å². The molecule has 0 heterocycles. The predicted octanol–water partition coefficient (Wildman–Crippen LogP) is 2.75. The number of aliphatic carboxylic acids is 1. The monoisotopic (exact) mass is 293 g/mol. The molecule has 2 N–H and O–H groups in total. The quantitative estimate of drug-likeness (QED) is 0.897. The first-order valence-corrected chi connectivity index (χ1v) is 7.17. The van der Waals surface area contributed by atoms with Crippen molar-refractivity contribution in [1.82, 2.24) is 5.32 Å². The van der Waals surface area contributed by atoms with Crippen LogP contribution in [0.25, 0.3) is 0 Å². The Hall–Kier alpha value is -1.91. The highest BCUT2D eigenvalue weighted by molar-refractivity contribution is 5.85. The van der Waals surface area contributed by atoms with E-state index in [0.29, 0.717) is 12.8 Å². The lowest BCUT2D eigenvalue weighted by atomic mass is 9.94. The highest BCUT2D eigenvalue weighted by atomic mass is 19.1. The summed E-state index contributed by atoms with van der Waals surface area (Å²) in [7, 11) is 0. The lowest BCUT2D eigenvalue weighted by Crippen LogP contribution is -2.36. The molecule has 4 nitrogen and oxygen atoms in total. The number of benzene rings is 1. The van der Waals surface area contributed by atoms with E-state index in [-0.39, 0.29) is 23.7 Å². The number of halogens is 1. The van der Waals surface area contributed by atoms with Gasteiger partial charge < -0.3 is 10.4 Å². The maximum absolute atomic E-state index is 12.9. The minimum absolute atomic E-state index is 0.233. The van der Waals surface area contributed by atoms with Crippen molar-refractivity contribution in [2.24, 2.45) is 17.8 Å². The van der Waals surface area contributed by atoms with Gasteiger partial charge in [0.25, 0.3) is 0 Å². The molecule has 114 valence electrons. The van der Waals surface area contributed by atoms with Gasteiger partial charge in [0.1, 0.15) is 5.82 Å². The maximum Gasteiger partial charge on any atom is 0.307 e. The van der Waals surface area contributed by atoms with Gasteiger partial charge in [-0.05, 0) is 43.4 Å². The van der Waals surface area contributed by atoms with Crippen LogP contribution in [0.2, 0.25) is 0 Å². The molecule has 0 bridgehead atoms. The van der Waals surface area contributed by atoms with Gasteiger partial charge in [0, 0.05) is 0 Å². The fraction of sp³-hybridized carbons (Fsp3) is 0.500. The van der Waals surface area contributed by atoms with Gasteiger partial charge in [0.15, 0.2) is 0 Å². The fourth-order valence-corrected chi connectivity index (χ4v) is 3.01. The van der Waals surface area contributed by atoms with E-state index in [2.05, 4.69) is 5.32 Å². The summed E-state index contributed by atoms with van der Waals surface area (Å²) in [5.74, 6) is -2.32. The molecule has 1 unspecified atom stereocenters. The Morgan fingerprint density at radius 3 is 2.38 bits per heavy atom. The zero-order chi connectivity index (χ0) is 15.6. The number of carbonyl (C=O) groups is 2. The molecule has 1 aromatic rings. The highest BCUT2D eigenvalue weighted by Crippen LogP contribution is 2.36. The maximum atomic E-state index is 12.9. The van der Waals surface area contributed by atoms with Gasteiger partial charge in [-0.2, -0.15) is 0 Å². The number of carboxylic acid groups (broad SMARTS) is 1. The number of carboxylic acids is 1. The van der Waals surface area contributed by atoms with Crippen molar-refractivity contribution in [2.75, 3.05) is 0 Å². The van der Waals surface area contributed by atoms with Crippen LogP contribution in [0.3, 0.4) is 0 Å². The van der Waals surface area contributed by atoms with Crippen molar-refractivity contribution in [3.05, 3.63) is 35.6 Å². The summed E-state index contributed by atoms with van der Waals surface area (Å²) >= 11 is 0. The molecule has 5 heteroatoms. The van der Waals surface area contributed by atoms with E-state index in [0.717, 1.165) is 5.56 Å². The Bertz CT molecular complexity index is 529. The van der Waals surface area contributed by atoms with Crippen molar-refractivity contribution in [3.63, 3.8) is 0 Å². The Labute approximate surface area is 123 Å². The average Bonchev–Trinajstić information content (AvgIpc) is 2.82. The van der Waals surface area contributed by atoms with Crippen LogP contribution in [-0.4, -0.2) is 17.0 Å². The average molecular weight is 293 g/mol. The number of hydrogen-bond donors (Lipinski definition) is 2. The summed E-state index contributed by atoms with van der Waals surface area (Å²) in [5.41, 5.74) is 0.794. The van der Waals surface area contributed by atoms with Crippen LogP contribution >= 0.6 is 0 Å². The van der Waals surface area contributed by atoms with Crippen LogP contribution in [0.4, 0.5) is 4.39 Å². The molecule has 1 aliphatic carbocycles. The largest absolute Gasteiger partial charge is 0.481 e. The number of rotatable bonds is 4. The summed E-state index contributed by atoms with van der Waals surface area (Å²) < 4.78 is 12.9. The Morgan fingerprint density at radius 1 is 1.24 bits per heavy atom. The summed E-state index contributed by atoms with van der Waals surface area (Å²) in [5, 5.41) is 12.0. The lowest BCUT2D eigenvalue weighted by molar-refractivity contribution is -0.146. The standard InChI is InChI=1S/C16H20FNO3/c1-9-7-13(14(8-9)16(20)21)15(19)18-10(2)11-3-5-12(17)6-4-11/h3-6,9-10,13-14H,7-8H2,1-2H3,(H,18,19)(H,20,21)/t9?,10-,13-,14+/m0/s1. The molecule has 0 radical (unpaired) electrons. The first kappa shape index (κ1) is 15.5. The van der Waals surface area contributed by atoms with Crippen LogP contribution in [0, 0.1) is 23.6 Å². The molecular formula is C16H20FNO3. The first-order valence-electron chi connectivity index (χ1n) is 7.17. The lowest BCUT2D eigenvalue weighted by Gasteiger charge is -2.20. The second-order valence-electron chi connectivity index (χ2n) is 5.91. The summed E-state index contributed by atoms with van der Waals surface area (Å²) in [6.07, 6.45) is 1.14. The van der Waals surface area contributed by atoms with Crippen molar-refractivity contribution >= 4 is 11.9 Å². The molecule has 21 heavy (non-hydrogen) atoms. The number of amides is 1. The summed E-state index contributed by atoms with van der Waals surface area (Å²) in [4.78, 5) is 23.5. The number of nitrogens with one attached hydrogen (secondary N) is 1. The van der Waals surface area contributed by atoms with Gasteiger partial charge in [-0.15, -0.1) is 0 Å². The van der Waals surface area contributed by atoms with Gasteiger partial charge in [-0.25, -0.2) is 4.39 Å². The van der Waals surface area contributed by atoms with Crippen LogP contribution < -0.4 is 5.32 Å². The molecule has 1 saturated carbocycles. The minimum Gasteiger partial charge on any atom is -0.481 e. The Morgan fingerprint density at radius 2 is 1.81 bits per heavy atom. The van der Waals surface area contributed by atoms with Crippen LogP contribution in [-0.2, 0) is 9.59 Å². The van der Waals surface area contributed by atoms with E-state index in [9.17, 15) is 19.1 Å². The predicted molar refractivity (Wildman–Crippen MR) is 76.0 cm³/mol. The number of carbonyl (C=O) groups excluding carboxylic acids is 1. The SMILES string of the molecule is CC1C[C@H](C(=O)N[C@@H](C)c2ccc(F)cc2)[C@H](C(=O)O)C1. The molecular weight excluding hydrogens is 273 g/mol. The van der Waals surface area contributed by atoms with E-state index in [1.807, 2.05) is 6.92 Å². The van der Waals surface area contributed by atoms with Gasteiger partial charge in [-0.3, -0.25) is 9.59 Å². The zero-order valence-electron chi connectivity index (χ0n) is 12.2. The molecule has 2 rings (SSSR count). The van der Waals surface area contributed by atoms with Crippen molar-refractivity contribution in [2.45, 2.75) is 32.7 Å². The first-order chi connectivity index (χ1) is 9.88. The van der Waals surface area contributed by atoms with Crippen LogP contribution in [0.15, 0.2) is 24.3 Å². The summed E-state index contributed by atoms with van der Waals surface area (Å²) in [6, 6.07) is 5.65. The zero-order valence-corrected chi connectivity index (χ0v) is 12.2. The van der Waals surface area contributed by atoms with E-state index in [4.69, 9.17) is 0 Å².